The summed E-state index contributed by atoms with van der Waals surface area (Å²) in [5.74, 6) is 0.537. The van der Waals surface area contributed by atoms with Crippen molar-refractivity contribution in [1.29, 1.82) is 0 Å². The fourth-order valence-corrected chi connectivity index (χ4v) is 3.35. The summed E-state index contributed by atoms with van der Waals surface area (Å²) in [5, 5.41) is 10.9. The maximum Gasteiger partial charge on any atom is 0.271 e. The second-order valence-electron chi connectivity index (χ2n) is 7.03. The zero-order valence-corrected chi connectivity index (χ0v) is 16.2. The van der Waals surface area contributed by atoms with Gasteiger partial charge in [0.25, 0.3) is 5.91 Å². The van der Waals surface area contributed by atoms with Gasteiger partial charge in [0.05, 0.1) is 6.04 Å². The van der Waals surface area contributed by atoms with Gasteiger partial charge in [-0.15, -0.1) is 12.4 Å². The van der Waals surface area contributed by atoms with Crippen molar-refractivity contribution in [2.45, 2.75) is 38.6 Å². The van der Waals surface area contributed by atoms with Crippen LogP contribution in [0.3, 0.4) is 0 Å². The van der Waals surface area contributed by atoms with Gasteiger partial charge in [-0.1, -0.05) is 19.9 Å². The summed E-state index contributed by atoms with van der Waals surface area (Å²) in [5.41, 5.74) is 1.64. The van der Waals surface area contributed by atoms with E-state index in [-0.39, 0.29) is 24.2 Å². The molecule has 0 saturated carbocycles. The van der Waals surface area contributed by atoms with Gasteiger partial charge in [-0.3, -0.25) is 14.5 Å². The van der Waals surface area contributed by atoms with Gasteiger partial charge in [0.15, 0.2) is 0 Å². The first-order chi connectivity index (χ1) is 12.1. The van der Waals surface area contributed by atoms with Crippen LogP contribution in [0.1, 0.15) is 54.7 Å². The predicted octanol–water partition coefficient (Wildman–Crippen LogP) is 2.79. The van der Waals surface area contributed by atoms with Crippen molar-refractivity contribution in [3.8, 4) is 0 Å². The van der Waals surface area contributed by atoms with Crippen molar-refractivity contribution in [1.82, 2.24) is 25.4 Å². The van der Waals surface area contributed by atoms with Crippen LogP contribution in [0.2, 0.25) is 0 Å². The van der Waals surface area contributed by atoms with Crippen molar-refractivity contribution in [3.05, 3.63) is 48.0 Å². The minimum absolute atomic E-state index is 0. The number of halogens is 1. The molecule has 0 bridgehead atoms. The molecule has 3 rings (SSSR count). The molecule has 1 amide bonds. The van der Waals surface area contributed by atoms with Crippen molar-refractivity contribution in [3.63, 3.8) is 0 Å². The quantitative estimate of drug-likeness (QED) is 0.812. The lowest BCUT2D eigenvalue weighted by molar-refractivity contribution is 0.0942. The normalized spacial score (nSPS) is 18.2. The first kappa shape index (κ1) is 20.4. The standard InChI is InChI=1S/C19H27N5O.ClH/c1-14(2)17(15-5-3-8-20-11-15)13-22-19(25)18-7-10-24(23-18)16-6-4-9-21-12-16;/h3,5,7-8,10-11,14,16-17,21H,4,6,9,12-13H2,1-2H3,(H,22,25);1H. The largest absolute Gasteiger partial charge is 0.350 e. The molecular formula is C19H28ClN5O. The van der Waals surface area contributed by atoms with Crippen molar-refractivity contribution in [2.24, 2.45) is 5.92 Å². The average molecular weight is 378 g/mol. The number of carbonyl (C=O) groups excluding carboxylic acids is 1. The van der Waals surface area contributed by atoms with Crippen LogP contribution in [-0.2, 0) is 0 Å². The topological polar surface area (TPSA) is 71.8 Å². The summed E-state index contributed by atoms with van der Waals surface area (Å²) in [6.07, 6.45) is 7.81. The number of amides is 1. The number of carbonyl (C=O) groups is 1. The van der Waals surface area contributed by atoms with Gasteiger partial charge >= 0.3 is 0 Å². The Hall–Kier alpha value is -1.92. The number of pyridine rings is 1. The molecule has 0 spiro atoms. The first-order valence-electron chi connectivity index (χ1n) is 9.09. The summed E-state index contributed by atoms with van der Waals surface area (Å²) >= 11 is 0. The molecule has 1 saturated heterocycles. The van der Waals surface area contributed by atoms with Crippen LogP contribution in [0.4, 0.5) is 0 Å². The molecule has 2 atom stereocenters. The van der Waals surface area contributed by atoms with Crippen LogP contribution in [-0.4, -0.2) is 40.3 Å². The number of piperidine rings is 1. The molecule has 1 fully saturated rings. The lowest BCUT2D eigenvalue weighted by atomic mass is 9.89. The maximum atomic E-state index is 12.5. The minimum atomic E-state index is -0.114. The highest BCUT2D eigenvalue weighted by molar-refractivity contribution is 5.92. The molecule has 0 aromatic carbocycles. The zero-order chi connectivity index (χ0) is 17.6. The molecule has 1 aliphatic heterocycles. The van der Waals surface area contributed by atoms with Gasteiger partial charge in [0.2, 0.25) is 0 Å². The second kappa shape index (κ2) is 9.69. The Kier molecular flexibility index (Phi) is 7.60. The Morgan fingerprint density at radius 2 is 2.27 bits per heavy atom. The van der Waals surface area contributed by atoms with E-state index in [0.29, 0.717) is 24.2 Å². The SMILES string of the molecule is CC(C)C(CNC(=O)c1ccn(C2CCCNC2)n1)c1cccnc1.Cl. The smallest absolute Gasteiger partial charge is 0.271 e. The van der Waals surface area contributed by atoms with E-state index in [0.717, 1.165) is 31.5 Å². The summed E-state index contributed by atoms with van der Waals surface area (Å²) in [4.78, 5) is 16.7. The fourth-order valence-electron chi connectivity index (χ4n) is 3.35. The summed E-state index contributed by atoms with van der Waals surface area (Å²) < 4.78 is 1.92. The molecule has 2 aromatic heterocycles. The van der Waals surface area contributed by atoms with Crippen LogP contribution in [0.25, 0.3) is 0 Å². The first-order valence-corrected chi connectivity index (χ1v) is 9.09. The van der Waals surface area contributed by atoms with E-state index in [1.165, 1.54) is 0 Å². The van der Waals surface area contributed by atoms with Crippen LogP contribution >= 0.6 is 12.4 Å². The lowest BCUT2D eigenvalue weighted by Crippen LogP contribution is -2.33. The molecule has 26 heavy (non-hydrogen) atoms. The van der Waals surface area contributed by atoms with E-state index in [4.69, 9.17) is 0 Å². The molecule has 7 heteroatoms. The van der Waals surface area contributed by atoms with E-state index in [1.807, 2.05) is 23.1 Å². The average Bonchev–Trinajstić information content (AvgIpc) is 3.13. The Morgan fingerprint density at radius 3 is 2.92 bits per heavy atom. The molecule has 0 aliphatic carbocycles. The predicted molar refractivity (Wildman–Crippen MR) is 105 cm³/mol. The molecule has 2 unspecified atom stereocenters. The van der Waals surface area contributed by atoms with E-state index in [9.17, 15) is 4.79 Å². The van der Waals surface area contributed by atoms with E-state index >= 15 is 0 Å². The number of nitrogens with one attached hydrogen (secondary N) is 2. The Morgan fingerprint density at radius 1 is 1.42 bits per heavy atom. The van der Waals surface area contributed by atoms with E-state index in [1.54, 1.807) is 12.3 Å². The van der Waals surface area contributed by atoms with Crippen molar-refractivity contribution < 1.29 is 4.79 Å². The van der Waals surface area contributed by atoms with Gasteiger partial charge < -0.3 is 10.6 Å². The monoisotopic (exact) mass is 377 g/mol. The van der Waals surface area contributed by atoms with Gasteiger partial charge in [0.1, 0.15) is 5.69 Å². The van der Waals surface area contributed by atoms with Crippen LogP contribution < -0.4 is 10.6 Å². The Bertz CT molecular complexity index is 682. The minimum Gasteiger partial charge on any atom is -0.350 e. The lowest BCUT2D eigenvalue weighted by Gasteiger charge is -2.23. The molecule has 142 valence electrons. The highest BCUT2D eigenvalue weighted by atomic mass is 35.5. The van der Waals surface area contributed by atoms with E-state index < -0.39 is 0 Å². The van der Waals surface area contributed by atoms with Crippen LogP contribution in [0.15, 0.2) is 36.8 Å². The molecule has 1 aliphatic rings. The summed E-state index contributed by atoms with van der Waals surface area (Å²) in [7, 11) is 0. The highest BCUT2D eigenvalue weighted by Gasteiger charge is 2.20. The van der Waals surface area contributed by atoms with Crippen LogP contribution in [0.5, 0.6) is 0 Å². The van der Waals surface area contributed by atoms with Crippen molar-refractivity contribution >= 4 is 18.3 Å². The Labute approximate surface area is 161 Å². The molecule has 2 aromatic rings. The Balaban J connectivity index is 0.00000243. The molecular weight excluding hydrogens is 350 g/mol. The number of rotatable bonds is 6. The van der Waals surface area contributed by atoms with Gasteiger partial charge in [-0.2, -0.15) is 5.10 Å². The van der Waals surface area contributed by atoms with Gasteiger partial charge in [0, 0.05) is 37.6 Å². The van der Waals surface area contributed by atoms with Gasteiger partial charge in [-0.25, -0.2) is 0 Å². The molecule has 6 nitrogen and oxygen atoms in total. The highest BCUT2D eigenvalue weighted by Crippen LogP contribution is 2.23. The number of hydrogen-bond acceptors (Lipinski definition) is 4. The summed E-state index contributed by atoms with van der Waals surface area (Å²) in [6, 6.07) is 6.15. The second-order valence-corrected chi connectivity index (χ2v) is 7.03. The number of nitrogens with zero attached hydrogens (tertiary/aromatic N) is 3. The van der Waals surface area contributed by atoms with E-state index in [2.05, 4.69) is 40.6 Å². The number of hydrogen-bond donors (Lipinski definition) is 2. The maximum absolute atomic E-state index is 12.5. The zero-order valence-electron chi connectivity index (χ0n) is 15.4. The molecule has 3 heterocycles. The third kappa shape index (κ3) is 5.05. The van der Waals surface area contributed by atoms with Crippen LogP contribution in [0, 0.1) is 5.92 Å². The third-order valence-corrected chi connectivity index (χ3v) is 4.89. The molecule has 0 radical (unpaired) electrons. The van der Waals surface area contributed by atoms with Crippen molar-refractivity contribution in [2.75, 3.05) is 19.6 Å². The molecule has 2 N–H and O–H groups in total. The fraction of sp³-hybridized carbons (Fsp3) is 0.526. The number of aromatic nitrogens is 3. The third-order valence-electron chi connectivity index (χ3n) is 4.89. The van der Waals surface area contributed by atoms with Gasteiger partial charge in [-0.05, 0) is 43.0 Å². The summed E-state index contributed by atoms with van der Waals surface area (Å²) in [6.45, 7) is 6.89.